The van der Waals surface area contributed by atoms with Crippen LogP contribution in [0.2, 0.25) is 0 Å². The molecule has 24 heavy (non-hydrogen) atoms. The van der Waals surface area contributed by atoms with E-state index >= 15 is 0 Å². The van der Waals surface area contributed by atoms with Crippen molar-refractivity contribution >= 4 is 11.7 Å². The molecule has 1 N–H and O–H groups in total. The molecule has 0 aliphatic heterocycles. The fraction of sp³-hybridized carbons (Fsp3) is 0.333. The van der Waals surface area contributed by atoms with Crippen LogP contribution in [-0.2, 0) is 6.54 Å². The second kappa shape index (κ2) is 8.19. The van der Waals surface area contributed by atoms with Crippen molar-refractivity contribution in [1.29, 1.82) is 0 Å². The van der Waals surface area contributed by atoms with E-state index in [0.29, 0.717) is 35.4 Å². The average molecular weight is 329 g/mol. The molecule has 0 aliphatic rings. The summed E-state index contributed by atoms with van der Waals surface area (Å²) in [6.45, 7) is 8.91. The predicted molar refractivity (Wildman–Crippen MR) is 93.7 cm³/mol. The molecule has 1 amide bonds. The Bertz CT molecular complexity index is 707. The molecule has 0 fully saturated rings. The number of nitrogens with one attached hydrogen (secondary N) is 1. The number of hydrogen-bond acceptors (Lipinski definition) is 4. The summed E-state index contributed by atoms with van der Waals surface area (Å²) in [5, 5.41) is 7.11. The van der Waals surface area contributed by atoms with Crippen molar-refractivity contribution < 1.29 is 14.3 Å². The largest absolute Gasteiger partial charge is 0.493 e. The number of hydrogen-bond donors (Lipinski definition) is 1. The Morgan fingerprint density at radius 1 is 1.38 bits per heavy atom. The molecule has 0 atom stereocenters. The normalized spacial score (nSPS) is 10.5. The van der Waals surface area contributed by atoms with E-state index in [0.717, 1.165) is 6.54 Å². The minimum atomic E-state index is -0.228. The Balaban J connectivity index is 2.15. The van der Waals surface area contributed by atoms with Crippen LogP contribution in [0.3, 0.4) is 0 Å². The molecular weight excluding hydrogens is 306 g/mol. The molecule has 1 aromatic carbocycles. The van der Waals surface area contributed by atoms with Crippen molar-refractivity contribution in [3.05, 3.63) is 48.7 Å². The smallest absolute Gasteiger partial charge is 0.256 e. The highest BCUT2D eigenvalue weighted by Crippen LogP contribution is 2.28. The number of nitrogens with zero attached hydrogens (tertiary/aromatic N) is 2. The fourth-order valence-corrected chi connectivity index (χ4v) is 2.20. The molecule has 0 spiro atoms. The lowest BCUT2D eigenvalue weighted by molar-refractivity contribution is 0.102. The van der Waals surface area contributed by atoms with Gasteiger partial charge in [-0.15, -0.1) is 0 Å². The van der Waals surface area contributed by atoms with E-state index in [-0.39, 0.29) is 5.91 Å². The van der Waals surface area contributed by atoms with Gasteiger partial charge < -0.3 is 14.8 Å². The lowest BCUT2D eigenvalue weighted by Gasteiger charge is -2.13. The highest BCUT2D eigenvalue weighted by atomic mass is 16.5. The molecule has 0 saturated heterocycles. The van der Waals surface area contributed by atoms with Crippen LogP contribution in [0.15, 0.2) is 43.1 Å². The second-order valence-corrected chi connectivity index (χ2v) is 5.71. The van der Waals surface area contributed by atoms with Gasteiger partial charge in [0.05, 0.1) is 13.3 Å². The Kier molecular flexibility index (Phi) is 6.01. The molecular formula is C18H23N3O3. The Hall–Kier alpha value is -2.76. The van der Waals surface area contributed by atoms with Crippen LogP contribution in [0.25, 0.3) is 0 Å². The molecule has 6 heteroatoms. The van der Waals surface area contributed by atoms with Gasteiger partial charge in [-0.3, -0.25) is 4.79 Å². The van der Waals surface area contributed by atoms with Crippen molar-refractivity contribution in [3.63, 3.8) is 0 Å². The number of carbonyl (C=O) groups excluding carboxylic acids is 1. The van der Waals surface area contributed by atoms with Crippen LogP contribution in [-0.4, -0.2) is 29.4 Å². The molecule has 2 rings (SSSR count). The Morgan fingerprint density at radius 3 is 2.83 bits per heavy atom. The van der Waals surface area contributed by atoms with E-state index in [1.165, 1.54) is 7.11 Å². The summed E-state index contributed by atoms with van der Waals surface area (Å²) < 4.78 is 12.6. The maximum atomic E-state index is 12.5. The van der Waals surface area contributed by atoms with Crippen LogP contribution in [0.4, 0.5) is 5.82 Å². The second-order valence-electron chi connectivity index (χ2n) is 5.71. The molecule has 0 saturated carbocycles. The zero-order valence-electron chi connectivity index (χ0n) is 14.3. The van der Waals surface area contributed by atoms with Gasteiger partial charge in [-0.25, -0.2) is 4.68 Å². The predicted octanol–water partition coefficient (Wildman–Crippen LogP) is 3.36. The lowest BCUT2D eigenvalue weighted by Crippen LogP contribution is -2.17. The minimum Gasteiger partial charge on any atom is -0.493 e. The van der Waals surface area contributed by atoms with E-state index in [9.17, 15) is 4.79 Å². The third-order valence-corrected chi connectivity index (χ3v) is 3.28. The van der Waals surface area contributed by atoms with Crippen molar-refractivity contribution in [2.75, 3.05) is 19.0 Å². The molecule has 6 nitrogen and oxygen atoms in total. The number of amides is 1. The minimum absolute atomic E-state index is 0.228. The highest BCUT2D eigenvalue weighted by Gasteiger charge is 2.13. The molecule has 1 aromatic heterocycles. The molecule has 0 unspecified atom stereocenters. The molecule has 2 aromatic rings. The molecule has 0 aliphatic carbocycles. The third kappa shape index (κ3) is 4.38. The van der Waals surface area contributed by atoms with Crippen LogP contribution in [0.1, 0.15) is 24.2 Å². The summed E-state index contributed by atoms with van der Waals surface area (Å²) in [4.78, 5) is 12.5. The zero-order chi connectivity index (χ0) is 17.5. The molecule has 128 valence electrons. The fourth-order valence-electron chi connectivity index (χ4n) is 2.20. The topological polar surface area (TPSA) is 65.4 Å². The van der Waals surface area contributed by atoms with Gasteiger partial charge in [0.15, 0.2) is 11.5 Å². The number of carbonyl (C=O) groups is 1. The van der Waals surface area contributed by atoms with Crippen LogP contribution >= 0.6 is 0 Å². The van der Waals surface area contributed by atoms with Gasteiger partial charge in [0.1, 0.15) is 12.4 Å². The summed E-state index contributed by atoms with van der Waals surface area (Å²) in [5.41, 5.74) is 0.482. The van der Waals surface area contributed by atoms with Gasteiger partial charge >= 0.3 is 0 Å². The first-order valence-corrected chi connectivity index (χ1v) is 7.80. The van der Waals surface area contributed by atoms with Gasteiger partial charge in [0.25, 0.3) is 5.91 Å². The number of benzene rings is 1. The summed E-state index contributed by atoms with van der Waals surface area (Å²) >= 11 is 0. The van der Waals surface area contributed by atoms with Crippen molar-refractivity contribution in [3.8, 4) is 11.5 Å². The number of anilines is 1. The maximum absolute atomic E-state index is 12.5. The first-order chi connectivity index (χ1) is 11.5. The summed E-state index contributed by atoms with van der Waals surface area (Å²) in [5.74, 6) is 1.94. The monoisotopic (exact) mass is 329 g/mol. The number of ether oxygens (including phenoxy) is 2. The third-order valence-electron chi connectivity index (χ3n) is 3.28. The van der Waals surface area contributed by atoms with E-state index < -0.39 is 0 Å². The number of aromatic nitrogens is 2. The number of methoxy groups -OCH3 is 1. The van der Waals surface area contributed by atoms with E-state index in [1.807, 2.05) is 0 Å². The van der Waals surface area contributed by atoms with Crippen molar-refractivity contribution in [2.45, 2.75) is 20.4 Å². The standard InChI is InChI=1S/C18H23N3O3/c1-5-10-24-15-7-6-14(11-16(15)23-4)18(22)20-17-8-9-19-21(17)12-13(2)3/h5-9,11,13H,1,10,12H2,2-4H3,(H,20,22). The van der Waals surface area contributed by atoms with Crippen LogP contribution < -0.4 is 14.8 Å². The van der Waals surface area contributed by atoms with E-state index in [1.54, 1.807) is 41.2 Å². The molecule has 0 bridgehead atoms. The van der Waals surface area contributed by atoms with E-state index in [2.05, 4.69) is 30.8 Å². The Morgan fingerprint density at radius 2 is 2.17 bits per heavy atom. The summed E-state index contributed by atoms with van der Waals surface area (Å²) in [7, 11) is 1.54. The SMILES string of the molecule is C=CCOc1ccc(C(=O)Nc2ccnn2CC(C)C)cc1OC. The first kappa shape index (κ1) is 17.6. The van der Waals surface area contributed by atoms with Crippen molar-refractivity contribution in [2.24, 2.45) is 5.92 Å². The van der Waals surface area contributed by atoms with Gasteiger partial charge in [0.2, 0.25) is 0 Å². The van der Waals surface area contributed by atoms with Crippen LogP contribution in [0, 0.1) is 5.92 Å². The van der Waals surface area contributed by atoms with Gasteiger partial charge in [-0.05, 0) is 24.1 Å². The average Bonchev–Trinajstić information content (AvgIpc) is 2.98. The Labute approximate surface area is 142 Å². The molecule has 1 heterocycles. The van der Waals surface area contributed by atoms with Crippen LogP contribution in [0.5, 0.6) is 11.5 Å². The van der Waals surface area contributed by atoms with Gasteiger partial charge in [-0.2, -0.15) is 5.10 Å². The lowest BCUT2D eigenvalue weighted by atomic mass is 10.2. The summed E-state index contributed by atoms with van der Waals surface area (Å²) in [6.07, 6.45) is 3.32. The quantitative estimate of drug-likeness (QED) is 0.754. The van der Waals surface area contributed by atoms with Crippen molar-refractivity contribution in [1.82, 2.24) is 9.78 Å². The first-order valence-electron chi connectivity index (χ1n) is 7.80. The maximum Gasteiger partial charge on any atom is 0.256 e. The highest BCUT2D eigenvalue weighted by molar-refractivity contribution is 6.04. The van der Waals surface area contributed by atoms with E-state index in [4.69, 9.17) is 9.47 Å². The van der Waals surface area contributed by atoms with Gasteiger partial charge in [0, 0.05) is 18.2 Å². The summed E-state index contributed by atoms with van der Waals surface area (Å²) in [6, 6.07) is 6.83. The van der Waals surface area contributed by atoms with Gasteiger partial charge in [-0.1, -0.05) is 26.5 Å². The number of rotatable bonds is 8. The molecule has 0 radical (unpaired) electrons. The zero-order valence-corrected chi connectivity index (χ0v) is 14.3.